The molecule has 0 fully saturated rings. The maximum absolute atomic E-state index is 11.0. The standard InChI is InChI=1S/C11H14O3/c1-8(11(12)13-3)4-5-10-7-14-6-9(10)2/h4,6-7H,5H2,1-3H3/b8-4-. The third kappa shape index (κ3) is 2.49. The highest BCUT2D eigenvalue weighted by molar-refractivity contribution is 5.87. The molecule has 1 aromatic heterocycles. The Balaban J connectivity index is 2.63. The number of hydrogen-bond donors (Lipinski definition) is 0. The van der Waals surface area contributed by atoms with Crippen LogP contribution in [0.5, 0.6) is 0 Å². The number of esters is 1. The predicted octanol–water partition coefficient (Wildman–Crippen LogP) is 2.25. The van der Waals surface area contributed by atoms with Crippen LogP contribution in [0.2, 0.25) is 0 Å². The first kappa shape index (κ1) is 10.6. The smallest absolute Gasteiger partial charge is 0.333 e. The Kier molecular flexibility index (Phi) is 3.51. The monoisotopic (exact) mass is 194 g/mol. The highest BCUT2D eigenvalue weighted by Crippen LogP contribution is 2.11. The lowest BCUT2D eigenvalue weighted by atomic mass is 10.1. The van der Waals surface area contributed by atoms with Crippen molar-refractivity contribution in [2.45, 2.75) is 20.3 Å². The molecular weight excluding hydrogens is 180 g/mol. The second-order valence-electron chi connectivity index (χ2n) is 3.16. The number of rotatable bonds is 3. The van der Waals surface area contributed by atoms with Crippen LogP contribution < -0.4 is 0 Å². The summed E-state index contributed by atoms with van der Waals surface area (Å²) in [6.07, 6.45) is 5.92. The molecule has 3 heteroatoms. The summed E-state index contributed by atoms with van der Waals surface area (Å²) in [5.41, 5.74) is 2.81. The summed E-state index contributed by atoms with van der Waals surface area (Å²) in [5.74, 6) is -0.286. The highest BCUT2D eigenvalue weighted by Gasteiger charge is 2.03. The number of hydrogen-bond acceptors (Lipinski definition) is 3. The van der Waals surface area contributed by atoms with Crippen LogP contribution in [0, 0.1) is 6.92 Å². The Bertz CT molecular complexity index is 347. The maximum atomic E-state index is 11.0. The molecule has 76 valence electrons. The summed E-state index contributed by atoms with van der Waals surface area (Å²) in [7, 11) is 1.38. The molecule has 0 bridgehead atoms. The summed E-state index contributed by atoms with van der Waals surface area (Å²) in [6.45, 7) is 3.71. The van der Waals surface area contributed by atoms with E-state index in [1.54, 1.807) is 19.5 Å². The Morgan fingerprint density at radius 2 is 2.29 bits per heavy atom. The number of carbonyl (C=O) groups is 1. The van der Waals surface area contributed by atoms with Gasteiger partial charge in [0.1, 0.15) is 0 Å². The van der Waals surface area contributed by atoms with E-state index in [2.05, 4.69) is 4.74 Å². The van der Waals surface area contributed by atoms with E-state index >= 15 is 0 Å². The molecule has 1 heterocycles. The van der Waals surface area contributed by atoms with E-state index in [4.69, 9.17) is 4.42 Å². The Labute approximate surface area is 83.4 Å². The maximum Gasteiger partial charge on any atom is 0.333 e. The van der Waals surface area contributed by atoms with Crippen molar-refractivity contribution in [2.24, 2.45) is 0 Å². The number of furan rings is 1. The van der Waals surface area contributed by atoms with Crippen molar-refractivity contribution in [1.29, 1.82) is 0 Å². The van der Waals surface area contributed by atoms with Crippen LogP contribution in [0.15, 0.2) is 28.6 Å². The van der Waals surface area contributed by atoms with Crippen LogP contribution in [0.25, 0.3) is 0 Å². The SMILES string of the molecule is COC(=O)/C(C)=C\Cc1cocc1C. The van der Waals surface area contributed by atoms with Gasteiger partial charge in [-0.05, 0) is 31.4 Å². The molecule has 0 N–H and O–H groups in total. The van der Waals surface area contributed by atoms with Crippen LogP contribution in [-0.4, -0.2) is 13.1 Å². The minimum atomic E-state index is -0.286. The molecule has 0 amide bonds. The average Bonchev–Trinajstić information content (AvgIpc) is 2.59. The number of allylic oxidation sites excluding steroid dienone is 1. The molecule has 0 aliphatic heterocycles. The van der Waals surface area contributed by atoms with Gasteiger partial charge in [-0.3, -0.25) is 0 Å². The van der Waals surface area contributed by atoms with Gasteiger partial charge in [0, 0.05) is 5.57 Å². The molecule has 0 aliphatic carbocycles. The van der Waals surface area contributed by atoms with Crippen molar-refractivity contribution in [1.82, 2.24) is 0 Å². The van der Waals surface area contributed by atoms with Gasteiger partial charge in [0.2, 0.25) is 0 Å². The van der Waals surface area contributed by atoms with E-state index in [1.165, 1.54) is 7.11 Å². The van der Waals surface area contributed by atoms with Gasteiger partial charge in [-0.25, -0.2) is 4.79 Å². The molecule has 0 aliphatic rings. The first-order valence-corrected chi connectivity index (χ1v) is 4.42. The largest absolute Gasteiger partial charge is 0.472 e. The average molecular weight is 194 g/mol. The molecule has 0 atom stereocenters. The minimum Gasteiger partial charge on any atom is -0.472 e. The normalized spacial score (nSPS) is 11.5. The van der Waals surface area contributed by atoms with Gasteiger partial charge in [-0.1, -0.05) is 6.08 Å². The second kappa shape index (κ2) is 4.65. The molecule has 1 aromatic rings. The van der Waals surface area contributed by atoms with Gasteiger partial charge in [0.05, 0.1) is 19.6 Å². The molecule has 0 unspecified atom stereocenters. The zero-order chi connectivity index (χ0) is 10.6. The molecule has 0 spiro atoms. The molecule has 1 rings (SSSR count). The summed E-state index contributed by atoms with van der Waals surface area (Å²) in [6, 6.07) is 0. The van der Waals surface area contributed by atoms with E-state index in [-0.39, 0.29) is 5.97 Å². The molecular formula is C11H14O3. The van der Waals surface area contributed by atoms with Crippen molar-refractivity contribution in [3.63, 3.8) is 0 Å². The van der Waals surface area contributed by atoms with E-state index in [1.807, 2.05) is 13.0 Å². The van der Waals surface area contributed by atoms with Gasteiger partial charge in [0.15, 0.2) is 0 Å². The van der Waals surface area contributed by atoms with E-state index in [9.17, 15) is 4.79 Å². The predicted molar refractivity (Wildman–Crippen MR) is 52.9 cm³/mol. The fraction of sp³-hybridized carbons (Fsp3) is 0.364. The number of methoxy groups -OCH3 is 1. The van der Waals surface area contributed by atoms with Crippen molar-refractivity contribution < 1.29 is 13.9 Å². The van der Waals surface area contributed by atoms with Crippen LogP contribution in [0.3, 0.4) is 0 Å². The molecule has 0 saturated carbocycles. The van der Waals surface area contributed by atoms with Crippen LogP contribution in [-0.2, 0) is 16.0 Å². The molecule has 14 heavy (non-hydrogen) atoms. The lowest BCUT2D eigenvalue weighted by molar-refractivity contribution is -0.136. The van der Waals surface area contributed by atoms with Gasteiger partial charge >= 0.3 is 5.97 Å². The van der Waals surface area contributed by atoms with Crippen molar-refractivity contribution in [2.75, 3.05) is 7.11 Å². The van der Waals surface area contributed by atoms with Crippen LogP contribution in [0.4, 0.5) is 0 Å². The summed E-state index contributed by atoms with van der Waals surface area (Å²) in [4.78, 5) is 11.0. The van der Waals surface area contributed by atoms with Crippen molar-refractivity contribution in [3.05, 3.63) is 35.3 Å². The van der Waals surface area contributed by atoms with Crippen LogP contribution >= 0.6 is 0 Å². The molecule has 0 aromatic carbocycles. The lowest BCUT2D eigenvalue weighted by Gasteiger charge is -1.98. The van der Waals surface area contributed by atoms with Crippen LogP contribution in [0.1, 0.15) is 18.1 Å². The third-order valence-electron chi connectivity index (χ3n) is 2.10. The zero-order valence-corrected chi connectivity index (χ0v) is 8.66. The van der Waals surface area contributed by atoms with E-state index in [0.717, 1.165) is 11.1 Å². The first-order chi connectivity index (χ1) is 6.65. The lowest BCUT2D eigenvalue weighted by Crippen LogP contribution is -2.01. The van der Waals surface area contributed by atoms with Crippen molar-refractivity contribution in [3.8, 4) is 0 Å². The topological polar surface area (TPSA) is 39.4 Å². The molecule has 3 nitrogen and oxygen atoms in total. The molecule has 0 saturated heterocycles. The Morgan fingerprint density at radius 3 is 2.79 bits per heavy atom. The summed E-state index contributed by atoms with van der Waals surface area (Å²) >= 11 is 0. The molecule has 0 radical (unpaired) electrons. The Hall–Kier alpha value is -1.51. The number of carbonyl (C=O) groups excluding carboxylic acids is 1. The van der Waals surface area contributed by atoms with E-state index in [0.29, 0.717) is 12.0 Å². The quantitative estimate of drug-likeness (QED) is 0.547. The van der Waals surface area contributed by atoms with Gasteiger partial charge < -0.3 is 9.15 Å². The summed E-state index contributed by atoms with van der Waals surface area (Å²) in [5, 5.41) is 0. The van der Waals surface area contributed by atoms with Gasteiger partial charge in [0.25, 0.3) is 0 Å². The fourth-order valence-corrected chi connectivity index (χ4v) is 1.10. The third-order valence-corrected chi connectivity index (χ3v) is 2.10. The Morgan fingerprint density at radius 1 is 1.57 bits per heavy atom. The van der Waals surface area contributed by atoms with E-state index < -0.39 is 0 Å². The highest BCUT2D eigenvalue weighted by atomic mass is 16.5. The zero-order valence-electron chi connectivity index (χ0n) is 8.66. The first-order valence-electron chi connectivity index (χ1n) is 4.42. The number of aryl methyl sites for hydroxylation is 1. The fourth-order valence-electron chi connectivity index (χ4n) is 1.10. The van der Waals surface area contributed by atoms with Crippen molar-refractivity contribution >= 4 is 5.97 Å². The number of ether oxygens (including phenoxy) is 1. The van der Waals surface area contributed by atoms with Gasteiger partial charge in [-0.15, -0.1) is 0 Å². The summed E-state index contributed by atoms with van der Waals surface area (Å²) < 4.78 is 9.60. The minimum absolute atomic E-state index is 0.286. The van der Waals surface area contributed by atoms with Gasteiger partial charge in [-0.2, -0.15) is 0 Å². The second-order valence-corrected chi connectivity index (χ2v) is 3.16.